The summed E-state index contributed by atoms with van der Waals surface area (Å²) in [5.74, 6) is 0.880. The van der Waals surface area contributed by atoms with Crippen LogP contribution >= 0.6 is 0 Å². The Morgan fingerprint density at radius 2 is 1.88 bits per heavy atom. The number of benzene rings is 2. The Bertz CT molecular complexity index is 985. The minimum Gasteiger partial charge on any atom is -0.492 e. The van der Waals surface area contributed by atoms with Crippen LogP contribution in [0.3, 0.4) is 0 Å². The van der Waals surface area contributed by atoms with Gasteiger partial charge >= 0.3 is 5.69 Å². The summed E-state index contributed by atoms with van der Waals surface area (Å²) >= 11 is 0. The molecule has 0 bridgehead atoms. The van der Waals surface area contributed by atoms with Crippen LogP contribution in [-0.2, 0) is 6.42 Å². The van der Waals surface area contributed by atoms with Crippen molar-refractivity contribution in [1.82, 2.24) is 9.55 Å². The van der Waals surface area contributed by atoms with Crippen LogP contribution in [-0.4, -0.2) is 16.2 Å². The van der Waals surface area contributed by atoms with Crippen LogP contribution in [0.1, 0.15) is 31.0 Å². The number of aryl methyl sites for hydroxylation is 1. The first-order valence-electron chi connectivity index (χ1n) is 8.34. The largest absolute Gasteiger partial charge is 0.492 e. The molecular weight excluding hydrogens is 300 g/mol. The van der Waals surface area contributed by atoms with Crippen LogP contribution in [0.5, 0.6) is 5.75 Å². The molecule has 0 saturated heterocycles. The molecule has 122 valence electrons. The summed E-state index contributed by atoms with van der Waals surface area (Å²) in [7, 11) is 0. The molecule has 4 nitrogen and oxygen atoms in total. The highest BCUT2D eigenvalue weighted by Crippen LogP contribution is 2.39. The lowest BCUT2D eigenvalue weighted by molar-refractivity contribution is 0.360. The number of nitrogens with zero attached hydrogens (tertiary/aromatic N) is 2. The van der Waals surface area contributed by atoms with E-state index in [0.29, 0.717) is 12.3 Å². The maximum atomic E-state index is 12.6. The van der Waals surface area contributed by atoms with Crippen molar-refractivity contribution in [1.29, 1.82) is 0 Å². The van der Waals surface area contributed by atoms with Gasteiger partial charge in [-0.15, -0.1) is 0 Å². The molecule has 2 aromatic carbocycles. The fraction of sp³-hybridized carbons (Fsp3) is 0.300. The van der Waals surface area contributed by atoms with Crippen molar-refractivity contribution in [2.45, 2.75) is 33.2 Å². The maximum absolute atomic E-state index is 12.6. The van der Waals surface area contributed by atoms with Crippen LogP contribution < -0.4 is 10.4 Å². The number of ether oxygens (including phenoxy) is 1. The Morgan fingerprint density at radius 3 is 2.58 bits per heavy atom. The van der Waals surface area contributed by atoms with E-state index in [0.717, 1.165) is 28.6 Å². The van der Waals surface area contributed by atoms with Gasteiger partial charge in [0, 0.05) is 18.0 Å². The number of rotatable bonds is 2. The second kappa shape index (κ2) is 5.48. The Labute approximate surface area is 140 Å². The second-order valence-electron chi connectivity index (χ2n) is 6.62. The van der Waals surface area contributed by atoms with Crippen molar-refractivity contribution >= 4 is 10.9 Å². The van der Waals surface area contributed by atoms with E-state index in [1.54, 1.807) is 4.57 Å². The second-order valence-corrected chi connectivity index (χ2v) is 6.62. The highest BCUT2D eigenvalue weighted by atomic mass is 16.5. The molecular formula is C20H20N2O2. The van der Waals surface area contributed by atoms with Gasteiger partial charge in [0.1, 0.15) is 5.75 Å². The van der Waals surface area contributed by atoms with Crippen LogP contribution in [0.2, 0.25) is 0 Å². The fourth-order valence-corrected chi connectivity index (χ4v) is 3.40. The SMILES string of the molecule is Cc1ccc(-c2nc(=O)n(C(C)C)c3ccc4c(c23)OCC4)cc1. The molecule has 3 aromatic rings. The molecule has 1 aliphatic heterocycles. The summed E-state index contributed by atoms with van der Waals surface area (Å²) in [5.41, 5.74) is 4.70. The fourth-order valence-electron chi connectivity index (χ4n) is 3.40. The standard InChI is InChI=1S/C20H20N2O2/c1-12(2)22-16-9-8-15-10-11-24-19(15)17(16)18(21-20(22)23)14-6-4-13(3)5-7-14/h4-9,12H,10-11H2,1-3H3. The predicted molar refractivity (Wildman–Crippen MR) is 95.8 cm³/mol. The van der Waals surface area contributed by atoms with Crippen molar-refractivity contribution < 1.29 is 4.74 Å². The maximum Gasteiger partial charge on any atom is 0.348 e. The van der Waals surface area contributed by atoms with E-state index in [2.05, 4.69) is 11.1 Å². The monoisotopic (exact) mass is 320 g/mol. The van der Waals surface area contributed by atoms with Crippen molar-refractivity contribution in [3.05, 3.63) is 58.0 Å². The molecule has 1 aliphatic rings. The van der Waals surface area contributed by atoms with Gasteiger partial charge in [0.25, 0.3) is 0 Å². The molecule has 2 heterocycles. The van der Waals surface area contributed by atoms with Crippen molar-refractivity contribution in [2.24, 2.45) is 0 Å². The quantitative estimate of drug-likeness (QED) is 0.719. The van der Waals surface area contributed by atoms with Crippen LogP contribution in [0.15, 0.2) is 41.2 Å². The summed E-state index contributed by atoms with van der Waals surface area (Å²) in [4.78, 5) is 17.1. The summed E-state index contributed by atoms with van der Waals surface area (Å²) in [6.07, 6.45) is 0.902. The highest BCUT2D eigenvalue weighted by Gasteiger charge is 2.22. The molecule has 0 fully saturated rings. The lowest BCUT2D eigenvalue weighted by atomic mass is 10.0. The minimum absolute atomic E-state index is 0.0408. The van der Waals surface area contributed by atoms with Crippen molar-refractivity contribution in [3.8, 4) is 17.0 Å². The van der Waals surface area contributed by atoms with Gasteiger partial charge in [-0.1, -0.05) is 35.9 Å². The Hall–Kier alpha value is -2.62. The molecule has 4 heteroatoms. The first-order chi connectivity index (χ1) is 11.6. The summed E-state index contributed by atoms with van der Waals surface area (Å²) < 4.78 is 7.66. The molecule has 0 amide bonds. The van der Waals surface area contributed by atoms with E-state index < -0.39 is 0 Å². The number of hydrogen-bond donors (Lipinski definition) is 0. The van der Waals surface area contributed by atoms with Gasteiger partial charge in [-0.3, -0.25) is 4.57 Å². The molecule has 1 aromatic heterocycles. The molecule has 0 saturated carbocycles. The molecule has 0 atom stereocenters. The van der Waals surface area contributed by atoms with E-state index in [1.165, 1.54) is 11.1 Å². The summed E-state index contributed by atoms with van der Waals surface area (Å²) in [5, 5.41) is 0.946. The van der Waals surface area contributed by atoms with Crippen LogP contribution in [0, 0.1) is 6.92 Å². The van der Waals surface area contributed by atoms with E-state index in [9.17, 15) is 4.79 Å². The average molecular weight is 320 g/mol. The van der Waals surface area contributed by atoms with Gasteiger partial charge in [-0.2, -0.15) is 4.98 Å². The zero-order chi connectivity index (χ0) is 16.8. The predicted octanol–water partition coefficient (Wildman–Crippen LogP) is 3.89. The smallest absolute Gasteiger partial charge is 0.348 e. The molecule has 24 heavy (non-hydrogen) atoms. The van der Waals surface area contributed by atoms with E-state index in [4.69, 9.17) is 4.74 Å². The molecule has 0 aliphatic carbocycles. The van der Waals surface area contributed by atoms with Crippen molar-refractivity contribution in [2.75, 3.05) is 6.61 Å². The first kappa shape index (κ1) is 14.9. The Morgan fingerprint density at radius 1 is 1.12 bits per heavy atom. The topological polar surface area (TPSA) is 44.1 Å². The zero-order valence-electron chi connectivity index (χ0n) is 14.2. The molecule has 0 unspecified atom stereocenters. The number of fused-ring (bicyclic) bond motifs is 3. The summed E-state index contributed by atoms with van der Waals surface area (Å²) in [6.45, 7) is 6.74. The minimum atomic E-state index is -0.217. The third kappa shape index (κ3) is 2.21. The lowest BCUT2D eigenvalue weighted by Crippen LogP contribution is -2.25. The van der Waals surface area contributed by atoms with Gasteiger partial charge in [0.05, 0.1) is 23.2 Å². The number of hydrogen-bond acceptors (Lipinski definition) is 3. The molecule has 0 radical (unpaired) electrons. The van der Waals surface area contributed by atoms with Crippen molar-refractivity contribution in [3.63, 3.8) is 0 Å². The van der Waals surface area contributed by atoms with Gasteiger partial charge in [-0.25, -0.2) is 4.79 Å². The molecule has 0 spiro atoms. The normalized spacial score (nSPS) is 13.3. The van der Waals surface area contributed by atoms with Gasteiger partial charge in [0.2, 0.25) is 0 Å². The summed E-state index contributed by atoms with van der Waals surface area (Å²) in [6, 6.07) is 12.3. The van der Waals surface area contributed by atoms with Gasteiger partial charge in [-0.05, 0) is 32.4 Å². The Balaban J connectivity index is 2.14. The van der Waals surface area contributed by atoms with Crippen LogP contribution in [0.25, 0.3) is 22.2 Å². The number of aromatic nitrogens is 2. The van der Waals surface area contributed by atoms with E-state index >= 15 is 0 Å². The third-order valence-electron chi connectivity index (χ3n) is 4.59. The van der Waals surface area contributed by atoms with E-state index in [-0.39, 0.29) is 11.7 Å². The average Bonchev–Trinajstić information content (AvgIpc) is 3.02. The third-order valence-corrected chi connectivity index (χ3v) is 4.59. The van der Waals surface area contributed by atoms with Crippen LogP contribution in [0.4, 0.5) is 0 Å². The highest BCUT2D eigenvalue weighted by molar-refractivity contribution is 5.98. The zero-order valence-corrected chi connectivity index (χ0v) is 14.2. The Kier molecular flexibility index (Phi) is 3.41. The van der Waals surface area contributed by atoms with Gasteiger partial charge < -0.3 is 4.74 Å². The van der Waals surface area contributed by atoms with Gasteiger partial charge in [0.15, 0.2) is 0 Å². The molecule has 4 rings (SSSR count). The first-order valence-corrected chi connectivity index (χ1v) is 8.34. The lowest BCUT2D eigenvalue weighted by Gasteiger charge is -2.17. The van der Waals surface area contributed by atoms with E-state index in [1.807, 2.05) is 51.1 Å². The molecule has 0 N–H and O–H groups in total.